The summed E-state index contributed by atoms with van der Waals surface area (Å²) in [5.41, 5.74) is 2.20. The zero-order valence-electron chi connectivity index (χ0n) is 22.0. The molecule has 0 unspecified atom stereocenters. The van der Waals surface area contributed by atoms with Crippen LogP contribution in [0.5, 0.6) is 0 Å². The van der Waals surface area contributed by atoms with Crippen LogP contribution in [0, 0.1) is 30.6 Å². The number of aliphatic hydroxyl groups is 1. The largest absolute Gasteiger partial charge is 0.466 e. The third-order valence-electron chi connectivity index (χ3n) is 7.73. The van der Waals surface area contributed by atoms with Gasteiger partial charge in [0.05, 0.1) is 41.8 Å². The molecule has 1 aliphatic carbocycles. The van der Waals surface area contributed by atoms with Gasteiger partial charge in [-0.1, -0.05) is 73.1 Å². The first kappa shape index (κ1) is 27.9. The molecule has 2 N–H and O–H groups in total. The summed E-state index contributed by atoms with van der Waals surface area (Å²) in [4.78, 5) is 42.8. The number of rotatable bonds is 9. The Morgan fingerprint density at radius 1 is 1.11 bits per heavy atom. The van der Waals surface area contributed by atoms with Crippen molar-refractivity contribution < 1.29 is 24.2 Å². The number of amides is 2. The third-order valence-corrected chi connectivity index (χ3v) is 8.05. The van der Waals surface area contributed by atoms with Gasteiger partial charge in [-0.25, -0.2) is 0 Å². The van der Waals surface area contributed by atoms with Crippen molar-refractivity contribution in [2.45, 2.75) is 45.7 Å². The number of carbonyl (C=O) groups is 3. The molecule has 2 aliphatic rings. The molecule has 2 aromatic rings. The number of halogens is 1. The molecule has 1 fully saturated rings. The zero-order valence-corrected chi connectivity index (χ0v) is 22.7. The van der Waals surface area contributed by atoms with E-state index in [4.69, 9.17) is 16.3 Å². The number of carbonyl (C=O) groups excluding carboxylic acids is 3. The van der Waals surface area contributed by atoms with Crippen LogP contribution in [0.3, 0.4) is 0 Å². The molecule has 38 heavy (non-hydrogen) atoms. The number of hydrogen-bond donors (Lipinski definition) is 2. The van der Waals surface area contributed by atoms with Crippen molar-refractivity contribution in [3.8, 4) is 0 Å². The minimum absolute atomic E-state index is 0.185. The summed E-state index contributed by atoms with van der Waals surface area (Å²) in [6, 6.07) is 13.3. The van der Waals surface area contributed by atoms with E-state index in [9.17, 15) is 19.5 Å². The van der Waals surface area contributed by atoms with E-state index >= 15 is 0 Å². The molecule has 0 radical (unpaired) electrons. The van der Waals surface area contributed by atoms with Crippen LogP contribution < -0.4 is 5.32 Å². The Hall–Kier alpha value is -3.16. The second-order valence-corrected chi connectivity index (χ2v) is 10.4. The summed E-state index contributed by atoms with van der Waals surface area (Å²) in [7, 11) is 0. The fourth-order valence-corrected chi connectivity index (χ4v) is 6.18. The lowest BCUT2D eigenvalue weighted by atomic mass is 9.69. The lowest BCUT2D eigenvalue weighted by Crippen LogP contribution is -2.51. The summed E-state index contributed by atoms with van der Waals surface area (Å²) in [6.07, 6.45) is 4.85. The second kappa shape index (κ2) is 12.1. The molecule has 1 saturated heterocycles. The molecular weight excluding hydrogens is 504 g/mol. The predicted molar refractivity (Wildman–Crippen MR) is 146 cm³/mol. The minimum Gasteiger partial charge on any atom is -0.466 e. The second-order valence-electron chi connectivity index (χ2n) is 9.98. The highest BCUT2D eigenvalue weighted by molar-refractivity contribution is 6.34. The number of benzene rings is 2. The number of aryl methyl sites for hydroxylation is 1. The van der Waals surface area contributed by atoms with Crippen molar-refractivity contribution in [1.29, 1.82) is 0 Å². The molecule has 0 spiro atoms. The van der Waals surface area contributed by atoms with Crippen molar-refractivity contribution in [2.24, 2.45) is 23.7 Å². The van der Waals surface area contributed by atoms with Gasteiger partial charge in [-0.15, -0.1) is 0 Å². The van der Waals surface area contributed by atoms with Gasteiger partial charge < -0.3 is 20.1 Å². The molecule has 0 aromatic heterocycles. The Balaban J connectivity index is 1.77. The van der Waals surface area contributed by atoms with Crippen LogP contribution in [0.1, 0.15) is 31.4 Å². The first-order valence-corrected chi connectivity index (χ1v) is 13.6. The third kappa shape index (κ3) is 5.36. The number of ether oxygens (including phenoxy) is 1. The lowest BCUT2D eigenvalue weighted by molar-refractivity contribution is -0.156. The highest BCUT2D eigenvalue weighted by atomic mass is 35.5. The molecule has 1 aliphatic heterocycles. The van der Waals surface area contributed by atoms with Crippen LogP contribution in [0.25, 0.3) is 0 Å². The van der Waals surface area contributed by atoms with Gasteiger partial charge in [0.1, 0.15) is 6.04 Å². The Kier molecular flexibility index (Phi) is 8.90. The Labute approximate surface area is 228 Å². The van der Waals surface area contributed by atoms with Gasteiger partial charge in [0.15, 0.2) is 0 Å². The average Bonchev–Trinajstić information content (AvgIpc) is 3.21. The average molecular weight is 539 g/mol. The molecule has 8 heteroatoms. The molecular formula is C30H35ClN2O5. The van der Waals surface area contributed by atoms with Gasteiger partial charge in [0.2, 0.25) is 11.8 Å². The molecule has 202 valence electrons. The highest BCUT2D eigenvalue weighted by Crippen LogP contribution is 2.46. The van der Waals surface area contributed by atoms with E-state index in [1.807, 2.05) is 62.4 Å². The van der Waals surface area contributed by atoms with Crippen molar-refractivity contribution in [1.82, 2.24) is 4.90 Å². The zero-order chi connectivity index (χ0) is 27.4. The summed E-state index contributed by atoms with van der Waals surface area (Å²) in [5.74, 6) is -3.38. The van der Waals surface area contributed by atoms with Gasteiger partial charge in [0, 0.05) is 5.92 Å². The van der Waals surface area contributed by atoms with Crippen LogP contribution in [0.4, 0.5) is 5.69 Å². The quantitative estimate of drug-likeness (QED) is 0.364. The van der Waals surface area contributed by atoms with Crippen molar-refractivity contribution in [3.05, 3.63) is 76.8 Å². The Bertz CT molecular complexity index is 1180. The summed E-state index contributed by atoms with van der Waals surface area (Å²) in [5, 5.41) is 13.8. The molecule has 0 saturated carbocycles. The summed E-state index contributed by atoms with van der Waals surface area (Å²) < 4.78 is 5.40. The number of nitrogens with one attached hydrogen (secondary N) is 1. The van der Waals surface area contributed by atoms with E-state index < -0.39 is 41.7 Å². The molecule has 0 bridgehead atoms. The highest BCUT2D eigenvalue weighted by Gasteiger charge is 2.58. The maximum absolute atomic E-state index is 14.2. The molecule has 2 amide bonds. The van der Waals surface area contributed by atoms with Crippen LogP contribution in [-0.2, 0) is 25.5 Å². The standard InChI is InChI=1S/C30H35ClN2O5/c1-4-20-14-15-22-25(24(20)30(37)38-5-2)29(36)33(21(17-34)16-19-11-7-6-8-12-19)27(22)28(35)32-26-18(3)10-9-13-23(26)31/h6-15,20-22,24-25,27,34H,4-5,16-17H2,1-3H3,(H,32,35)/t20-,21-,22+,24-,25+,27+/m1/s1. The number of esters is 1. The van der Waals surface area contributed by atoms with Crippen molar-refractivity contribution in [2.75, 3.05) is 18.5 Å². The topological polar surface area (TPSA) is 95.9 Å². The number of aliphatic hydroxyl groups excluding tert-OH is 1. The van der Waals surface area contributed by atoms with Crippen LogP contribution in [0.2, 0.25) is 5.02 Å². The van der Waals surface area contributed by atoms with Crippen LogP contribution in [-0.4, -0.2) is 53.1 Å². The smallest absolute Gasteiger partial charge is 0.310 e. The van der Waals surface area contributed by atoms with E-state index in [1.54, 1.807) is 19.1 Å². The lowest BCUT2D eigenvalue weighted by Gasteiger charge is -2.34. The first-order chi connectivity index (χ1) is 18.3. The van der Waals surface area contributed by atoms with Crippen molar-refractivity contribution >= 4 is 35.1 Å². The first-order valence-electron chi connectivity index (χ1n) is 13.2. The van der Waals surface area contributed by atoms with Crippen LogP contribution >= 0.6 is 11.6 Å². The molecule has 1 heterocycles. The fraction of sp³-hybridized carbons (Fsp3) is 0.433. The van der Waals surface area contributed by atoms with E-state index in [2.05, 4.69) is 5.32 Å². The van der Waals surface area contributed by atoms with Gasteiger partial charge in [-0.05, 0) is 49.8 Å². The van der Waals surface area contributed by atoms with E-state index in [-0.39, 0.29) is 25.0 Å². The number of fused-ring (bicyclic) bond motifs is 1. The Morgan fingerprint density at radius 3 is 2.47 bits per heavy atom. The predicted octanol–water partition coefficient (Wildman–Crippen LogP) is 4.41. The van der Waals surface area contributed by atoms with E-state index in [0.717, 1.165) is 11.1 Å². The number of likely N-dealkylation sites (tertiary alicyclic amines) is 1. The summed E-state index contributed by atoms with van der Waals surface area (Å²) in [6.45, 7) is 5.42. The van der Waals surface area contributed by atoms with Crippen molar-refractivity contribution in [3.63, 3.8) is 0 Å². The fourth-order valence-electron chi connectivity index (χ4n) is 5.91. The number of allylic oxidation sites excluding steroid dienone is 1. The molecule has 7 nitrogen and oxygen atoms in total. The summed E-state index contributed by atoms with van der Waals surface area (Å²) >= 11 is 6.41. The normalized spacial score (nSPS) is 25.1. The SMILES string of the molecule is CCOC(=O)[C@H]1[C@H]2C(=O)N([C@@H](CO)Cc3ccccc3)[C@H](C(=O)Nc3c(C)cccc3Cl)[C@H]2C=C[C@H]1CC. The van der Waals surface area contributed by atoms with E-state index in [0.29, 0.717) is 23.6 Å². The molecule has 4 rings (SSSR count). The molecule has 2 aromatic carbocycles. The Morgan fingerprint density at radius 2 is 1.84 bits per heavy atom. The molecule has 6 atom stereocenters. The van der Waals surface area contributed by atoms with Crippen LogP contribution in [0.15, 0.2) is 60.7 Å². The minimum atomic E-state index is -0.935. The monoisotopic (exact) mass is 538 g/mol. The number of nitrogens with zero attached hydrogens (tertiary/aromatic N) is 1. The maximum Gasteiger partial charge on any atom is 0.310 e. The number of anilines is 1. The van der Waals surface area contributed by atoms with Gasteiger partial charge >= 0.3 is 5.97 Å². The number of para-hydroxylation sites is 1. The van der Waals surface area contributed by atoms with Gasteiger partial charge in [0.25, 0.3) is 0 Å². The van der Waals surface area contributed by atoms with Gasteiger partial charge in [-0.2, -0.15) is 0 Å². The van der Waals surface area contributed by atoms with E-state index in [1.165, 1.54) is 4.90 Å². The maximum atomic E-state index is 14.2. The number of hydrogen-bond acceptors (Lipinski definition) is 5. The van der Waals surface area contributed by atoms with Gasteiger partial charge in [-0.3, -0.25) is 14.4 Å².